The molecule has 0 aliphatic carbocycles. The van der Waals surface area contributed by atoms with E-state index in [4.69, 9.17) is 10.5 Å². The zero-order valence-electron chi connectivity index (χ0n) is 16.7. The highest BCUT2D eigenvalue weighted by atomic mass is 32.2. The van der Waals surface area contributed by atoms with E-state index in [0.29, 0.717) is 12.1 Å². The Kier molecular flexibility index (Phi) is 7.63. The van der Waals surface area contributed by atoms with Gasteiger partial charge in [-0.15, -0.1) is 0 Å². The van der Waals surface area contributed by atoms with Crippen molar-refractivity contribution in [2.75, 3.05) is 18.9 Å². The van der Waals surface area contributed by atoms with Gasteiger partial charge in [0, 0.05) is 12.7 Å². The number of amides is 1. The average molecular weight is 461 g/mol. The van der Waals surface area contributed by atoms with E-state index in [1.807, 2.05) is 0 Å². The number of benzene rings is 1. The predicted octanol–water partition coefficient (Wildman–Crippen LogP) is 2.03. The molecule has 2 rings (SSSR count). The van der Waals surface area contributed by atoms with E-state index in [1.165, 1.54) is 0 Å². The maximum atomic E-state index is 12.7. The Balaban J connectivity index is 2.14. The number of nitrogens with one attached hydrogen (secondary N) is 1. The number of carbonyl (C=O) groups excluding carboxylic acids is 1. The summed E-state index contributed by atoms with van der Waals surface area (Å²) >= 11 is 0. The highest BCUT2D eigenvalue weighted by molar-refractivity contribution is 7.91. The number of sulfone groups is 1. The van der Waals surface area contributed by atoms with E-state index in [0.717, 1.165) is 24.4 Å². The number of pyridine rings is 1. The molecular weight excluding hydrogens is 439 g/mol. The van der Waals surface area contributed by atoms with Crippen molar-refractivity contribution in [2.45, 2.75) is 42.0 Å². The fraction of sp³-hybridized carbons (Fsp3) is 0.368. The highest BCUT2D eigenvalue weighted by Crippen LogP contribution is 2.31. The topological polar surface area (TPSA) is 132 Å². The van der Waals surface area contributed by atoms with Crippen LogP contribution >= 0.6 is 0 Å². The molecule has 4 N–H and O–H groups in total. The number of rotatable bonds is 8. The largest absolute Gasteiger partial charge is 0.416 e. The second-order valence-electron chi connectivity index (χ2n) is 6.88. The van der Waals surface area contributed by atoms with Gasteiger partial charge in [0.15, 0.2) is 5.69 Å². The van der Waals surface area contributed by atoms with Crippen LogP contribution in [0.2, 0.25) is 0 Å². The molecule has 1 heterocycles. The van der Waals surface area contributed by atoms with E-state index in [1.54, 1.807) is 13.8 Å². The van der Waals surface area contributed by atoms with Crippen LogP contribution in [0.15, 0.2) is 46.3 Å². The lowest BCUT2D eigenvalue weighted by Gasteiger charge is -2.14. The number of aliphatic hydroxyl groups excluding tert-OH is 1. The minimum Gasteiger partial charge on any atom is -0.397 e. The van der Waals surface area contributed by atoms with Gasteiger partial charge in [-0.2, -0.15) is 13.2 Å². The first-order chi connectivity index (χ1) is 14.3. The number of ether oxygens (including phenoxy) is 1. The fourth-order valence-electron chi connectivity index (χ4n) is 2.41. The summed E-state index contributed by atoms with van der Waals surface area (Å²) in [5, 5.41) is 12.2. The van der Waals surface area contributed by atoms with Crippen LogP contribution < -0.4 is 11.1 Å². The van der Waals surface area contributed by atoms with Gasteiger partial charge >= 0.3 is 6.18 Å². The van der Waals surface area contributed by atoms with Crippen molar-refractivity contribution in [3.05, 3.63) is 47.8 Å². The van der Waals surface area contributed by atoms with Crippen molar-refractivity contribution < 1.29 is 36.2 Å². The fourth-order valence-corrected chi connectivity index (χ4v) is 3.65. The molecule has 170 valence electrons. The van der Waals surface area contributed by atoms with Crippen LogP contribution in [0.3, 0.4) is 0 Å². The molecule has 8 nitrogen and oxygen atoms in total. The van der Waals surface area contributed by atoms with E-state index >= 15 is 0 Å². The first kappa shape index (κ1) is 24.6. The first-order valence-corrected chi connectivity index (χ1v) is 10.6. The van der Waals surface area contributed by atoms with Crippen molar-refractivity contribution in [3.63, 3.8) is 0 Å². The first-order valence-electron chi connectivity index (χ1n) is 9.08. The molecule has 0 unspecified atom stereocenters. The Hall–Kier alpha value is -2.70. The third kappa shape index (κ3) is 6.39. The normalized spacial score (nSPS) is 13.3. The average Bonchev–Trinajstić information content (AvgIpc) is 2.69. The molecule has 1 aromatic heterocycles. The van der Waals surface area contributed by atoms with Crippen molar-refractivity contribution in [2.24, 2.45) is 0 Å². The molecule has 1 atom stereocenters. The number of alkyl halides is 3. The van der Waals surface area contributed by atoms with Crippen molar-refractivity contribution in [3.8, 4) is 0 Å². The summed E-state index contributed by atoms with van der Waals surface area (Å²) in [4.78, 5) is 15.2. The van der Waals surface area contributed by atoms with Crippen LogP contribution in [-0.2, 0) is 20.8 Å². The zero-order chi connectivity index (χ0) is 23.4. The molecule has 0 saturated heterocycles. The van der Waals surface area contributed by atoms with Gasteiger partial charge in [0.1, 0.15) is 0 Å². The van der Waals surface area contributed by atoms with E-state index < -0.39 is 33.6 Å². The lowest BCUT2D eigenvalue weighted by molar-refractivity contribution is -0.137. The number of anilines is 1. The molecule has 0 spiro atoms. The maximum Gasteiger partial charge on any atom is 0.416 e. The molecule has 0 bridgehead atoms. The van der Waals surface area contributed by atoms with Gasteiger partial charge in [-0.05, 0) is 44.2 Å². The minimum atomic E-state index is -4.60. The molecule has 1 aromatic carbocycles. The van der Waals surface area contributed by atoms with Crippen LogP contribution in [0.25, 0.3) is 0 Å². The van der Waals surface area contributed by atoms with Gasteiger partial charge in [-0.25, -0.2) is 13.4 Å². The number of nitrogen functional groups attached to an aromatic ring is 1. The number of nitrogens with two attached hydrogens (primary N) is 1. The number of nitrogens with zero attached hydrogens (tertiary/aromatic N) is 1. The smallest absolute Gasteiger partial charge is 0.397 e. The summed E-state index contributed by atoms with van der Waals surface area (Å²) in [5.74, 6) is -0.737. The van der Waals surface area contributed by atoms with Gasteiger partial charge in [-0.3, -0.25) is 4.79 Å². The summed E-state index contributed by atoms with van der Waals surface area (Å²) in [6, 6.07) is 3.96. The molecular formula is C19H22F3N3O5S. The highest BCUT2D eigenvalue weighted by Gasteiger charge is 2.31. The third-order valence-corrected chi connectivity index (χ3v) is 5.77. The van der Waals surface area contributed by atoms with Crippen LogP contribution in [0.5, 0.6) is 0 Å². The maximum absolute atomic E-state index is 12.7. The van der Waals surface area contributed by atoms with Crippen LogP contribution in [0, 0.1) is 0 Å². The molecule has 0 fully saturated rings. The molecule has 12 heteroatoms. The number of aromatic nitrogens is 1. The number of hydrogen-bond acceptors (Lipinski definition) is 7. The number of halogens is 3. The van der Waals surface area contributed by atoms with Crippen molar-refractivity contribution >= 4 is 21.4 Å². The van der Waals surface area contributed by atoms with Gasteiger partial charge < -0.3 is 20.9 Å². The van der Waals surface area contributed by atoms with Gasteiger partial charge in [0.25, 0.3) is 5.91 Å². The van der Waals surface area contributed by atoms with Crippen LogP contribution in [-0.4, -0.2) is 49.8 Å². The number of aliphatic hydroxyl groups is 1. The molecule has 0 aliphatic heterocycles. The second-order valence-corrected chi connectivity index (χ2v) is 8.83. The SMILES string of the molecule is CC(C)OC[C@H](O)CNC(=O)c1ncc(S(=O)(=O)c2ccc(C(F)(F)F)cc2)cc1N. The molecule has 2 aromatic rings. The van der Waals surface area contributed by atoms with Crippen molar-refractivity contribution in [1.82, 2.24) is 10.3 Å². The summed E-state index contributed by atoms with van der Waals surface area (Å²) in [7, 11) is -4.21. The lowest BCUT2D eigenvalue weighted by Crippen LogP contribution is -2.35. The number of carbonyl (C=O) groups is 1. The molecule has 1 amide bonds. The van der Waals surface area contributed by atoms with E-state index in [2.05, 4.69) is 10.3 Å². The lowest BCUT2D eigenvalue weighted by atomic mass is 10.2. The summed E-state index contributed by atoms with van der Waals surface area (Å²) < 4.78 is 68.5. The Morgan fingerprint density at radius 3 is 2.35 bits per heavy atom. The zero-order valence-corrected chi connectivity index (χ0v) is 17.5. The van der Waals surface area contributed by atoms with E-state index in [-0.39, 0.29) is 40.4 Å². The minimum absolute atomic E-state index is 0.00513. The molecule has 0 aliphatic rings. The van der Waals surface area contributed by atoms with Crippen LogP contribution in [0.4, 0.5) is 18.9 Å². The van der Waals surface area contributed by atoms with E-state index in [9.17, 15) is 31.5 Å². The Bertz CT molecular complexity index is 1030. The van der Waals surface area contributed by atoms with Crippen molar-refractivity contribution in [1.29, 1.82) is 0 Å². The monoisotopic (exact) mass is 461 g/mol. The molecule has 31 heavy (non-hydrogen) atoms. The summed E-state index contributed by atoms with van der Waals surface area (Å²) in [6.07, 6.45) is -4.78. The molecule has 0 saturated carbocycles. The Labute approximate surface area is 177 Å². The quantitative estimate of drug-likeness (QED) is 0.548. The third-order valence-electron chi connectivity index (χ3n) is 4.03. The van der Waals surface area contributed by atoms with Gasteiger partial charge in [0.2, 0.25) is 9.84 Å². The second kappa shape index (κ2) is 9.62. The summed E-state index contributed by atoms with van der Waals surface area (Å²) in [5.41, 5.74) is 4.26. The van der Waals surface area contributed by atoms with Gasteiger partial charge in [-0.1, -0.05) is 0 Å². The van der Waals surface area contributed by atoms with Gasteiger partial charge in [0.05, 0.1) is 39.9 Å². The van der Waals surface area contributed by atoms with Crippen LogP contribution in [0.1, 0.15) is 29.9 Å². The Morgan fingerprint density at radius 1 is 1.23 bits per heavy atom. The molecule has 0 radical (unpaired) electrons. The summed E-state index contributed by atoms with van der Waals surface area (Å²) in [6.45, 7) is 3.44. The Morgan fingerprint density at radius 2 is 1.84 bits per heavy atom. The standard InChI is InChI=1S/C19H22F3N3O5S/c1-11(2)30-10-13(26)8-25-18(27)17-16(23)7-15(9-24-17)31(28,29)14-5-3-12(4-6-14)19(20,21)22/h3-7,9,11,13,26H,8,10,23H2,1-2H3,(H,25,27)/t13-/m1/s1. The predicted molar refractivity (Wildman–Crippen MR) is 105 cm³/mol. The number of hydrogen-bond donors (Lipinski definition) is 3.